The van der Waals surface area contributed by atoms with Gasteiger partial charge >= 0.3 is 0 Å². The predicted molar refractivity (Wildman–Crippen MR) is 137 cm³/mol. The molecule has 5 heteroatoms. The minimum absolute atomic E-state index is 0.154. The quantitative estimate of drug-likeness (QED) is 0.294. The van der Waals surface area contributed by atoms with Gasteiger partial charge in [0.05, 0.1) is 11.4 Å². The van der Waals surface area contributed by atoms with E-state index >= 15 is 0 Å². The van der Waals surface area contributed by atoms with E-state index in [0.29, 0.717) is 0 Å². The van der Waals surface area contributed by atoms with Gasteiger partial charge in [0.1, 0.15) is 17.2 Å². The second-order valence-electron chi connectivity index (χ2n) is 9.01. The highest BCUT2D eigenvalue weighted by Gasteiger charge is 2.18. The van der Waals surface area contributed by atoms with E-state index in [-0.39, 0.29) is 6.04 Å². The van der Waals surface area contributed by atoms with Crippen molar-refractivity contribution in [2.45, 2.75) is 46.6 Å². The first kappa shape index (κ1) is 22.0. The number of hydrogen-bond acceptors (Lipinski definition) is 4. The Morgan fingerprint density at radius 1 is 0.941 bits per heavy atom. The molecule has 0 radical (unpaired) electrons. The summed E-state index contributed by atoms with van der Waals surface area (Å²) < 4.78 is 7.56. The molecule has 0 bridgehead atoms. The molecule has 0 spiro atoms. The maximum atomic E-state index is 5.40. The van der Waals surface area contributed by atoms with Crippen LogP contribution in [0.25, 0.3) is 16.8 Å². The van der Waals surface area contributed by atoms with Crippen LogP contribution in [0.5, 0.6) is 0 Å². The predicted octanol–water partition coefficient (Wildman–Crippen LogP) is 6.87. The molecular weight excluding hydrogens is 420 g/mol. The van der Waals surface area contributed by atoms with E-state index in [1.165, 1.54) is 16.7 Å². The molecule has 0 amide bonds. The molecule has 34 heavy (non-hydrogen) atoms. The first-order valence-electron chi connectivity index (χ1n) is 11.8. The monoisotopic (exact) mass is 450 g/mol. The molecule has 1 atom stereocenters. The Bertz CT molecular complexity index is 1390. The molecular formula is C29H30N4O. The molecule has 0 saturated carbocycles. The number of aryl methyl sites for hydroxylation is 5. The van der Waals surface area contributed by atoms with Gasteiger partial charge in [-0.15, -0.1) is 0 Å². The van der Waals surface area contributed by atoms with Gasteiger partial charge < -0.3 is 9.84 Å². The van der Waals surface area contributed by atoms with Crippen LogP contribution in [0, 0.1) is 20.8 Å². The number of nitrogens with one attached hydrogen (secondary N) is 1. The number of fused-ring (bicyclic) bond motifs is 1. The minimum atomic E-state index is 0.154. The van der Waals surface area contributed by atoms with E-state index in [1.807, 2.05) is 19.9 Å². The summed E-state index contributed by atoms with van der Waals surface area (Å²) in [5.41, 5.74) is 8.83. The van der Waals surface area contributed by atoms with Crippen LogP contribution in [0.4, 0.5) is 5.82 Å². The first-order valence-corrected chi connectivity index (χ1v) is 11.8. The van der Waals surface area contributed by atoms with Crippen LogP contribution >= 0.6 is 0 Å². The highest BCUT2D eigenvalue weighted by Crippen LogP contribution is 2.31. The van der Waals surface area contributed by atoms with E-state index in [1.54, 1.807) is 0 Å². The normalized spacial score (nSPS) is 12.2. The zero-order valence-electron chi connectivity index (χ0n) is 20.2. The van der Waals surface area contributed by atoms with E-state index in [4.69, 9.17) is 9.51 Å². The number of anilines is 1. The van der Waals surface area contributed by atoms with Crippen molar-refractivity contribution >= 4 is 11.5 Å². The third-order valence-electron chi connectivity index (χ3n) is 6.44. The molecule has 2 aromatic carbocycles. The smallest absolute Gasteiger partial charge is 0.141 e. The Morgan fingerprint density at radius 2 is 1.71 bits per heavy atom. The summed E-state index contributed by atoms with van der Waals surface area (Å²) in [7, 11) is 0. The minimum Gasteiger partial charge on any atom is -0.363 e. The summed E-state index contributed by atoms with van der Waals surface area (Å²) >= 11 is 0. The van der Waals surface area contributed by atoms with Gasteiger partial charge in [0.25, 0.3) is 0 Å². The van der Waals surface area contributed by atoms with Crippen molar-refractivity contribution in [3.8, 4) is 11.1 Å². The number of nitrogens with zero attached hydrogens (tertiary/aromatic N) is 3. The lowest BCUT2D eigenvalue weighted by atomic mass is 10.1. The van der Waals surface area contributed by atoms with Crippen molar-refractivity contribution in [3.05, 3.63) is 107 Å². The number of imidazole rings is 1. The molecule has 0 fully saturated rings. The summed E-state index contributed by atoms with van der Waals surface area (Å²) in [4.78, 5) is 5.07. The van der Waals surface area contributed by atoms with Gasteiger partial charge in [-0.1, -0.05) is 65.3 Å². The van der Waals surface area contributed by atoms with Gasteiger partial charge in [-0.25, -0.2) is 4.98 Å². The molecule has 0 saturated heterocycles. The van der Waals surface area contributed by atoms with Gasteiger partial charge in [0.2, 0.25) is 0 Å². The molecule has 5 rings (SSSR count). The molecule has 5 aromatic rings. The third-order valence-corrected chi connectivity index (χ3v) is 6.44. The molecule has 0 aliphatic carbocycles. The van der Waals surface area contributed by atoms with Crippen LogP contribution in [0.2, 0.25) is 0 Å². The van der Waals surface area contributed by atoms with Crippen molar-refractivity contribution in [1.82, 2.24) is 14.5 Å². The summed E-state index contributed by atoms with van der Waals surface area (Å²) in [6.07, 6.45) is 3.89. The van der Waals surface area contributed by atoms with Gasteiger partial charge in [0, 0.05) is 17.8 Å². The number of hydrogen-bond donors (Lipinski definition) is 1. The van der Waals surface area contributed by atoms with Crippen LogP contribution < -0.4 is 5.32 Å². The van der Waals surface area contributed by atoms with Gasteiger partial charge in [-0.05, 0) is 69.4 Å². The third kappa shape index (κ3) is 4.34. The maximum absolute atomic E-state index is 5.40. The van der Waals surface area contributed by atoms with Crippen LogP contribution in [0.3, 0.4) is 0 Å². The van der Waals surface area contributed by atoms with Gasteiger partial charge in [-0.3, -0.25) is 4.40 Å². The lowest BCUT2D eigenvalue weighted by Gasteiger charge is -2.17. The summed E-state index contributed by atoms with van der Waals surface area (Å²) in [6, 6.07) is 23.7. The number of pyridine rings is 1. The van der Waals surface area contributed by atoms with E-state index in [2.05, 4.69) is 95.6 Å². The number of aromatic nitrogens is 3. The molecule has 5 nitrogen and oxygen atoms in total. The average molecular weight is 451 g/mol. The second-order valence-corrected chi connectivity index (χ2v) is 9.01. The topological polar surface area (TPSA) is 55.4 Å². The van der Waals surface area contributed by atoms with Crippen LogP contribution in [-0.4, -0.2) is 14.5 Å². The Kier molecular flexibility index (Phi) is 5.93. The van der Waals surface area contributed by atoms with Gasteiger partial charge in [-0.2, -0.15) is 0 Å². The van der Waals surface area contributed by atoms with Crippen molar-refractivity contribution < 1.29 is 4.52 Å². The van der Waals surface area contributed by atoms with Crippen LogP contribution in [-0.2, 0) is 12.8 Å². The Labute approximate surface area is 200 Å². The highest BCUT2D eigenvalue weighted by molar-refractivity contribution is 5.72. The first-order chi connectivity index (χ1) is 16.5. The fourth-order valence-electron chi connectivity index (χ4n) is 4.52. The zero-order chi connectivity index (χ0) is 23.7. The van der Waals surface area contributed by atoms with Crippen molar-refractivity contribution in [2.24, 2.45) is 0 Å². The fourth-order valence-corrected chi connectivity index (χ4v) is 4.52. The van der Waals surface area contributed by atoms with Gasteiger partial charge in [0.15, 0.2) is 0 Å². The lowest BCUT2D eigenvalue weighted by molar-refractivity contribution is 0.393. The van der Waals surface area contributed by atoms with Crippen molar-refractivity contribution in [1.29, 1.82) is 0 Å². The standard InChI is InChI=1S/C29H30N4O/c1-19-10-12-23(13-11-19)14-15-26-29(30-20(2)24-8-6-5-7-9-24)33-17-16-25(18-27(33)31-26)28-21(3)32-34-22(28)4/h5-13,16-18,20,30H,14-15H2,1-4H3/t20-/m1/s1. The average Bonchev–Trinajstić information content (AvgIpc) is 3.37. The number of rotatable bonds is 7. The summed E-state index contributed by atoms with van der Waals surface area (Å²) in [5.74, 6) is 1.87. The van der Waals surface area contributed by atoms with E-state index < -0.39 is 0 Å². The Morgan fingerprint density at radius 3 is 2.41 bits per heavy atom. The van der Waals surface area contributed by atoms with E-state index in [9.17, 15) is 0 Å². The van der Waals surface area contributed by atoms with Crippen LogP contribution in [0.15, 0.2) is 77.4 Å². The maximum Gasteiger partial charge on any atom is 0.141 e. The largest absolute Gasteiger partial charge is 0.363 e. The molecule has 3 heterocycles. The highest BCUT2D eigenvalue weighted by atomic mass is 16.5. The van der Waals surface area contributed by atoms with Crippen molar-refractivity contribution in [2.75, 3.05) is 5.32 Å². The summed E-state index contributed by atoms with van der Waals surface area (Å²) in [5, 5.41) is 7.86. The summed E-state index contributed by atoms with van der Waals surface area (Å²) in [6.45, 7) is 8.24. The van der Waals surface area contributed by atoms with E-state index in [0.717, 1.165) is 52.6 Å². The molecule has 3 aromatic heterocycles. The molecule has 172 valence electrons. The zero-order valence-corrected chi connectivity index (χ0v) is 20.2. The lowest BCUT2D eigenvalue weighted by Crippen LogP contribution is -2.10. The molecule has 0 aliphatic heterocycles. The molecule has 0 aliphatic rings. The molecule has 1 N–H and O–H groups in total. The molecule has 0 unspecified atom stereocenters. The SMILES string of the molecule is Cc1ccc(CCc2nc3cc(-c4c(C)noc4C)ccn3c2N[C@H](C)c2ccccc2)cc1. The number of benzene rings is 2. The Hall–Kier alpha value is -3.86. The van der Waals surface area contributed by atoms with Crippen molar-refractivity contribution in [3.63, 3.8) is 0 Å². The van der Waals surface area contributed by atoms with Crippen LogP contribution in [0.1, 0.15) is 46.8 Å². The Balaban J connectivity index is 1.53. The second kappa shape index (κ2) is 9.18. The fraction of sp³-hybridized carbons (Fsp3) is 0.241.